The Labute approximate surface area is 135 Å². The number of rotatable bonds is 2. The third kappa shape index (κ3) is 2.28. The van der Waals surface area contributed by atoms with Crippen molar-refractivity contribution in [3.8, 4) is 0 Å². The summed E-state index contributed by atoms with van der Waals surface area (Å²) in [5.41, 5.74) is 1.88. The van der Waals surface area contributed by atoms with Crippen molar-refractivity contribution in [2.45, 2.75) is 71.4 Å². The summed E-state index contributed by atoms with van der Waals surface area (Å²) in [6.07, 6.45) is 2.55. The lowest BCUT2D eigenvalue weighted by Crippen LogP contribution is -2.28. The summed E-state index contributed by atoms with van der Waals surface area (Å²) >= 11 is 0. The number of aromatic nitrogens is 3. The fraction of sp³-hybridized carbons (Fsp3) is 0.647. The first-order chi connectivity index (χ1) is 10.9. The van der Waals surface area contributed by atoms with Gasteiger partial charge in [0.25, 0.3) is 0 Å². The van der Waals surface area contributed by atoms with E-state index in [1.54, 1.807) is 0 Å². The average molecular weight is 317 g/mol. The maximum absolute atomic E-state index is 6.26. The largest absolute Gasteiger partial charge is 0.349 e. The molecular formula is C17H23N3O3. The molecule has 4 atom stereocenters. The molecule has 124 valence electrons. The summed E-state index contributed by atoms with van der Waals surface area (Å²) in [5.74, 6) is 0.189. The van der Waals surface area contributed by atoms with Crippen LogP contribution < -0.4 is 0 Å². The van der Waals surface area contributed by atoms with Crippen molar-refractivity contribution in [3.05, 3.63) is 23.8 Å². The summed E-state index contributed by atoms with van der Waals surface area (Å²) in [4.78, 5) is 9.06. The number of hydrogen-bond acceptors (Lipinski definition) is 5. The molecule has 4 heterocycles. The number of nitrogens with zero attached hydrogens (tertiary/aromatic N) is 3. The zero-order valence-electron chi connectivity index (χ0n) is 14.2. The van der Waals surface area contributed by atoms with Gasteiger partial charge in [0.1, 0.15) is 23.7 Å². The number of hydrogen-bond donors (Lipinski definition) is 0. The van der Waals surface area contributed by atoms with E-state index in [0.717, 1.165) is 29.0 Å². The molecule has 2 aromatic heterocycles. The molecule has 0 N–H and O–H groups in total. The molecule has 0 saturated carbocycles. The fourth-order valence-corrected chi connectivity index (χ4v) is 3.74. The van der Waals surface area contributed by atoms with Crippen molar-refractivity contribution >= 4 is 11.0 Å². The Morgan fingerprint density at radius 1 is 1.17 bits per heavy atom. The van der Waals surface area contributed by atoms with Gasteiger partial charge in [-0.2, -0.15) is 0 Å². The Bertz CT molecular complexity index is 755. The first kappa shape index (κ1) is 15.1. The van der Waals surface area contributed by atoms with Gasteiger partial charge >= 0.3 is 0 Å². The molecule has 0 spiro atoms. The van der Waals surface area contributed by atoms with E-state index in [-0.39, 0.29) is 24.5 Å². The number of aryl methyl sites for hydroxylation is 2. The van der Waals surface area contributed by atoms with Crippen LogP contribution in [0.15, 0.2) is 12.3 Å². The minimum absolute atomic E-state index is 0.0354. The van der Waals surface area contributed by atoms with Gasteiger partial charge in [-0.05, 0) is 40.2 Å². The molecule has 2 fully saturated rings. The van der Waals surface area contributed by atoms with Crippen LogP contribution in [0.3, 0.4) is 0 Å². The summed E-state index contributed by atoms with van der Waals surface area (Å²) in [6.45, 7) is 9.95. The van der Waals surface area contributed by atoms with Gasteiger partial charge in [0.05, 0.1) is 11.8 Å². The second-order valence-corrected chi connectivity index (χ2v) is 6.85. The minimum atomic E-state index is -0.575. The molecule has 0 amide bonds. The van der Waals surface area contributed by atoms with Gasteiger partial charge in [-0.3, -0.25) is 0 Å². The highest BCUT2D eigenvalue weighted by Crippen LogP contribution is 2.44. The van der Waals surface area contributed by atoms with E-state index in [1.807, 2.05) is 40.0 Å². The fourth-order valence-electron chi connectivity index (χ4n) is 3.74. The second-order valence-electron chi connectivity index (χ2n) is 6.85. The Kier molecular flexibility index (Phi) is 3.27. The highest BCUT2D eigenvalue weighted by Gasteiger charge is 2.55. The lowest BCUT2D eigenvalue weighted by molar-refractivity contribution is -0.196. The van der Waals surface area contributed by atoms with Gasteiger partial charge in [-0.15, -0.1) is 0 Å². The highest BCUT2D eigenvalue weighted by atomic mass is 16.8. The van der Waals surface area contributed by atoms with E-state index in [9.17, 15) is 0 Å². The van der Waals surface area contributed by atoms with Crippen molar-refractivity contribution in [2.24, 2.45) is 0 Å². The Morgan fingerprint density at radius 2 is 1.91 bits per heavy atom. The zero-order valence-corrected chi connectivity index (χ0v) is 14.2. The molecule has 23 heavy (non-hydrogen) atoms. The van der Waals surface area contributed by atoms with E-state index < -0.39 is 5.79 Å². The van der Waals surface area contributed by atoms with Gasteiger partial charge < -0.3 is 18.8 Å². The van der Waals surface area contributed by atoms with Gasteiger partial charge in [-0.25, -0.2) is 9.97 Å². The second kappa shape index (κ2) is 5.00. The van der Waals surface area contributed by atoms with E-state index in [1.165, 1.54) is 0 Å². The highest BCUT2D eigenvalue weighted by molar-refractivity contribution is 5.78. The zero-order chi connectivity index (χ0) is 16.4. The van der Waals surface area contributed by atoms with Crippen LogP contribution in [0, 0.1) is 13.8 Å². The summed E-state index contributed by atoms with van der Waals surface area (Å²) in [5, 5.41) is 1.05. The van der Waals surface area contributed by atoms with Crippen LogP contribution >= 0.6 is 0 Å². The number of ether oxygens (including phenoxy) is 3. The van der Waals surface area contributed by atoms with Gasteiger partial charge in [0.2, 0.25) is 0 Å². The van der Waals surface area contributed by atoms with Crippen LogP contribution in [-0.4, -0.2) is 38.6 Å². The molecule has 0 bridgehead atoms. The Morgan fingerprint density at radius 3 is 2.65 bits per heavy atom. The van der Waals surface area contributed by atoms with E-state index in [0.29, 0.717) is 0 Å². The topological polar surface area (TPSA) is 58.4 Å². The van der Waals surface area contributed by atoms with Gasteiger partial charge in [0.15, 0.2) is 12.0 Å². The van der Waals surface area contributed by atoms with Crippen LogP contribution in [0.2, 0.25) is 0 Å². The molecule has 0 aliphatic carbocycles. The third-order valence-corrected chi connectivity index (χ3v) is 4.68. The van der Waals surface area contributed by atoms with Crippen LogP contribution in [0.25, 0.3) is 11.0 Å². The van der Waals surface area contributed by atoms with Crippen LogP contribution in [0.1, 0.15) is 44.9 Å². The van der Waals surface area contributed by atoms with Gasteiger partial charge in [0, 0.05) is 11.6 Å². The normalized spacial score (nSPS) is 32.6. The van der Waals surface area contributed by atoms with Crippen LogP contribution in [0.4, 0.5) is 0 Å². The lowest BCUT2D eigenvalue weighted by atomic mass is 10.1. The SMILES string of the molecule is CC[C@H]1O[C@@H](n2ccc3c(C)nc(C)nc32)[C@@H]2OC(C)(C)O[C@@H]21. The van der Waals surface area contributed by atoms with Crippen molar-refractivity contribution in [1.29, 1.82) is 0 Å². The summed E-state index contributed by atoms with van der Waals surface area (Å²) in [7, 11) is 0. The standard InChI is InChI=1S/C17H23N3O3/c1-6-12-13-14(23-17(4,5)22-13)16(21-12)20-8-7-11-9(2)18-10(3)19-15(11)20/h7-8,12-14,16H,6H2,1-5H3/t12-,13-,14-,16-/m1/s1. The molecule has 0 aromatic carbocycles. The molecule has 4 rings (SSSR count). The maximum Gasteiger partial charge on any atom is 0.164 e. The molecule has 0 unspecified atom stereocenters. The molecule has 0 radical (unpaired) electrons. The van der Waals surface area contributed by atoms with E-state index in [4.69, 9.17) is 14.2 Å². The smallest absolute Gasteiger partial charge is 0.164 e. The summed E-state index contributed by atoms with van der Waals surface area (Å²) in [6, 6.07) is 2.04. The monoisotopic (exact) mass is 317 g/mol. The molecule has 2 saturated heterocycles. The van der Waals surface area contributed by atoms with E-state index in [2.05, 4.69) is 21.5 Å². The first-order valence-corrected chi connectivity index (χ1v) is 8.22. The maximum atomic E-state index is 6.26. The predicted molar refractivity (Wildman–Crippen MR) is 85.0 cm³/mol. The molecule has 2 aromatic rings. The Hall–Kier alpha value is -1.50. The van der Waals surface area contributed by atoms with Crippen LogP contribution in [-0.2, 0) is 14.2 Å². The quantitative estimate of drug-likeness (QED) is 0.852. The van der Waals surface area contributed by atoms with Gasteiger partial charge in [-0.1, -0.05) is 6.92 Å². The van der Waals surface area contributed by atoms with Crippen molar-refractivity contribution in [1.82, 2.24) is 14.5 Å². The first-order valence-electron chi connectivity index (χ1n) is 8.22. The van der Waals surface area contributed by atoms with Crippen LogP contribution in [0.5, 0.6) is 0 Å². The Balaban J connectivity index is 1.79. The average Bonchev–Trinajstić information content (AvgIpc) is 3.09. The van der Waals surface area contributed by atoms with E-state index >= 15 is 0 Å². The molecule has 6 heteroatoms. The summed E-state index contributed by atoms with van der Waals surface area (Å²) < 4.78 is 20.5. The molecular weight excluding hydrogens is 294 g/mol. The van der Waals surface area contributed by atoms with Crippen molar-refractivity contribution in [3.63, 3.8) is 0 Å². The molecule has 2 aliphatic heterocycles. The van der Waals surface area contributed by atoms with Crippen molar-refractivity contribution < 1.29 is 14.2 Å². The lowest BCUT2D eigenvalue weighted by Gasteiger charge is -2.24. The molecule has 2 aliphatic rings. The van der Waals surface area contributed by atoms with Crippen molar-refractivity contribution in [2.75, 3.05) is 0 Å². The minimum Gasteiger partial charge on any atom is -0.349 e. The third-order valence-electron chi connectivity index (χ3n) is 4.68. The number of fused-ring (bicyclic) bond motifs is 2. The predicted octanol–water partition coefficient (Wildman–Crippen LogP) is 2.88. The molecule has 6 nitrogen and oxygen atoms in total.